The summed E-state index contributed by atoms with van der Waals surface area (Å²) in [4.78, 5) is 27.3. The van der Waals surface area contributed by atoms with Crippen molar-refractivity contribution in [2.24, 2.45) is 0 Å². The Morgan fingerprint density at radius 2 is 2.05 bits per heavy atom. The number of carbonyl (C=O) groups is 2. The Morgan fingerprint density at radius 3 is 2.57 bits per heavy atom. The second kappa shape index (κ2) is 6.92. The van der Waals surface area contributed by atoms with Gasteiger partial charge in [0.1, 0.15) is 5.54 Å². The fourth-order valence-corrected chi connectivity index (χ4v) is 4.50. The molecule has 1 aliphatic carbocycles. The SMILES string of the molecule is CC(=O)NC1(C(=O)N(C)Cc2cc(Br)cs2)CCCCC1. The summed E-state index contributed by atoms with van der Waals surface area (Å²) in [7, 11) is 1.81. The number of amides is 2. The van der Waals surface area contributed by atoms with Gasteiger partial charge in [-0.05, 0) is 34.8 Å². The van der Waals surface area contributed by atoms with E-state index in [0.29, 0.717) is 6.54 Å². The minimum Gasteiger partial charge on any atom is -0.342 e. The van der Waals surface area contributed by atoms with Gasteiger partial charge in [0, 0.05) is 28.7 Å². The van der Waals surface area contributed by atoms with Gasteiger partial charge in [-0.2, -0.15) is 0 Å². The number of hydrogen-bond donors (Lipinski definition) is 1. The lowest BCUT2D eigenvalue weighted by molar-refractivity contribution is -0.142. The lowest BCUT2D eigenvalue weighted by Gasteiger charge is -2.39. The number of thiophene rings is 1. The Balaban J connectivity index is 2.11. The van der Waals surface area contributed by atoms with E-state index in [4.69, 9.17) is 0 Å². The predicted octanol–water partition coefficient (Wildman–Crippen LogP) is 3.31. The summed E-state index contributed by atoms with van der Waals surface area (Å²) in [5.74, 6) is -0.0977. The molecule has 1 fully saturated rings. The maximum absolute atomic E-state index is 12.9. The van der Waals surface area contributed by atoms with Crippen LogP contribution in [-0.2, 0) is 16.1 Å². The lowest BCUT2D eigenvalue weighted by atomic mass is 9.80. The fraction of sp³-hybridized carbons (Fsp3) is 0.600. The molecule has 2 rings (SSSR count). The molecule has 1 saturated carbocycles. The average molecular weight is 373 g/mol. The topological polar surface area (TPSA) is 49.4 Å². The van der Waals surface area contributed by atoms with Crippen molar-refractivity contribution in [2.45, 2.75) is 51.1 Å². The first-order valence-corrected chi connectivity index (χ1v) is 8.87. The minimum atomic E-state index is -0.701. The van der Waals surface area contributed by atoms with Gasteiger partial charge in [-0.25, -0.2) is 0 Å². The second-order valence-electron chi connectivity index (χ2n) is 5.72. The summed E-state index contributed by atoms with van der Waals surface area (Å²) in [5.41, 5.74) is -0.701. The molecule has 2 amide bonds. The summed E-state index contributed by atoms with van der Waals surface area (Å²) in [6, 6.07) is 2.03. The molecule has 4 nitrogen and oxygen atoms in total. The van der Waals surface area contributed by atoms with Gasteiger partial charge in [-0.3, -0.25) is 9.59 Å². The molecule has 1 heterocycles. The molecule has 0 unspecified atom stereocenters. The van der Waals surface area contributed by atoms with Crippen molar-refractivity contribution in [3.63, 3.8) is 0 Å². The van der Waals surface area contributed by atoms with E-state index in [1.807, 2.05) is 18.5 Å². The van der Waals surface area contributed by atoms with Crippen LogP contribution in [0.4, 0.5) is 0 Å². The van der Waals surface area contributed by atoms with Crippen LogP contribution < -0.4 is 5.32 Å². The summed E-state index contributed by atoms with van der Waals surface area (Å²) in [6.07, 6.45) is 4.60. The van der Waals surface area contributed by atoms with Crippen molar-refractivity contribution in [2.75, 3.05) is 7.05 Å². The highest BCUT2D eigenvalue weighted by Gasteiger charge is 2.41. The molecular formula is C15H21BrN2O2S. The van der Waals surface area contributed by atoms with Crippen molar-refractivity contribution < 1.29 is 9.59 Å². The van der Waals surface area contributed by atoms with Crippen molar-refractivity contribution in [3.8, 4) is 0 Å². The fourth-order valence-electron chi connectivity index (χ4n) is 2.99. The lowest BCUT2D eigenvalue weighted by Crippen LogP contribution is -2.59. The summed E-state index contributed by atoms with van der Waals surface area (Å²) in [5, 5.41) is 4.94. The molecule has 21 heavy (non-hydrogen) atoms. The predicted molar refractivity (Wildman–Crippen MR) is 88.1 cm³/mol. The Hall–Kier alpha value is -0.880. The Kier molecular flexibility index (Phi) is 5.43. The molecular weight excluding hydrogens is 352 g/mol. The van der Waals surface area contributed by atoms with E-state index in [1.54, 1.807) is 16.2 Å². The highest BCUT2D eigenvalue weighted by atomic mass is 79.9. The first kappa shape index (κ1) is 16.5. The molecule has 0 aromatic carbocycles. The van der Waals surface area contributed by atoms with Crippen LogP contribution in [0.2, 0.25) is 0 Å². The smallest absolute Gasteiger partial charge is 0.248 e. The quantitative estimate of drug-likeness (QED) is 0.881. The maximum Gasteiger partial charge on any atom is 0.248 e. The Bertz CT molecular complexity index is 523. The first-order valence-electron chi connectivity index (χ1n) is 7.20. The van der Waals surface area contributed by atoms with Gasteiger partial charge in [0.25, 0.3) is 0 Å². The summed E-state index contributed by atoms with van der Waals surface area (Å²) in [6.45, 7) is 2.07. The van der Waals surface area contributed by atoms with Crippen LogP contribution in [0.25, 0.3) is 0 Å². The molecule has 6 heteroatoms. The normalized spacial score (nSPS) is 17.3. The maximum atomic E-state index is 12.9. The van der Waals surface area contributed by atoms with Gasteiger partial charge in [0.2, 0.25) is 11.8 Å². The van der Waals surface area contributed by atoms with Gasteiger partial charge in [-0.1, -0.05) is 19.3 Å². The molecule has 1 aromatic rings. The number of nitrogens with one attached hydrogen (secondary N) is 1. The van der Waals surface area contributed by atoms with Gasteiger partial charge < -0.3 is 10.2 Å². The average Bonchev–Trinajstić information content (AvgIpc) is 2.83. The molecule has 116 valence electrons. The van der Waals surface area contributed by atoms with Crippen LogP contribution in [0.15, 0.2) is 15.9 Å². The van der Waals surface area contributed by atoms with Crippen molar-refractivity contribution in [3.05, 3.63) is 20.8 Å². The zero-order valence-electron chi connectivity index (χ0n) is 12.4. The highest BCUT2D eigenvalue weighted by Crippen LogP contribution is 2.31. The molecule has 1 aliphatic rings. The van der Waals surface area contributed by atoms with Crippen molar-refractivity contribution in [1.82, 2.24) is 10.2 Å². The van der Waals surface area contributed by atoms with Crippen LogP contribution in [0.5, 0.6) is 0 Å². The number of halogens is 1. The van der Waals surface area contributed by atoms with E-state index in [0.717, 1.165) is 41.5 Å². The molecule has 0 aliphatic heterocycles. The Labute approximate surface area is 138 Å². The first-order chi connectivity index (χ1) is 9.93. The van der Waals surface area contributed by atoms with E-state index in [-0.39, 0.29) is 11.8 Å². The summed E-state index contributed by atoms with van der Waals surface area (Å²) >= 11 is 5.06. The third kappa shape index (κ3) is 4.07. The van der Waals surface area contributed by atoms with Gasteiger partial charge >= 0.3 is 0 Å². The standard InChI is InChI=1S/C15H21BrN2O2S/c1-11(19)17-15(6-4-3-5-7-15)14(20)18(2)9-13-8-12(16)10-21-13/h8,10H,3-7,9H2,1-2H3,(H,17,19). The minimum absolute atomic E-state index is 0.0296. The molecule has 1 N–H and O–H groups in total. The van der Waals surface area contributed by atoms with Gasteiger partial charge in [0.15, 0.2) is 0 Å². The molecule has 0 bridgehead atoms. The molecule has 0 radical (unpaired) electrons. The van der Waals surface area contributed by atoms with Crippen LogP contribution in [0.1, 0.15) is 43.9 Å². The zero-order valence-corrected chi connectivity index (χ0v) is 14.8. The number of rotatable bonds is 4. The van der Waals surface area contributed by atoms with Crippen LogP contribution in [0, 0.1) is 0 Å². The molecule has 1 aromatic heterocycles. The third-order valence-electron chi connectivity index (χ3n) is 3.89. The van der Waals surface area contributed by atoms with E-state index in [2.05, 4.69) is 21.2 Å². The van der Waals surface area contributed by atoms with Gasteiger partial charge in [0.05, 0.1) is 6.54 Å². The van der Waals surface area contributed by atoms with Crippen LogP contribution >= 0.6 is 27.3 Å². The number of likely N-dealkylation sites (N-methyl/N-ethyl adjacent to an activating group) is 1. The van der Waals surface area contributed by atoms with E-state index < -0.39 is 5.54 Å². The van der Waals surface area contributed by atoms with Crippen molar-refractivity contribution >= 4 is 39.1 Å². The Morgan fingerprint density at radius 1 is 1.38 bits per heavy atom. The number of nitrogens with zero attached hydrogens (tertiary/aromatic N) is 1. The van der Waals surface area contributed by atoms with E-state index >= 15 is 0 Å². The second-order valence-corrected chi connectivity index (χ2v) is 7.63. The van der Waals surface area contributed by atoms with Crippen molar-refractivity contribution in [1.29, 1.82) is 0 Å². The number of carbonyl (C=O) groups excluding carboxylic acids is 2. The number of hydrogen-bond acceptors (Lipinski definition) is 3. The largest absolute Gasteiger partial charge is 0.342 e. The molecule has 0 saturated heterocycles. The van der Waals surface area contributed by atoms with Gasteiger partial charge in [-0.15, -0.1) is 11.3 Å². The monoisotopic (exact) mass is 372 g/mol. The third-order valence-corrected chi connectivity index (χ3v) is 5.58. The van der Waals surface area contributed by atoms with E-state index in [9.17, 15) is 9.59 Å². The zero-order chi connectivity index (χ0) is 15.5. The molecule has 0 spiro atoms. The van der Waals surface area contributed by atoms with E-state index in [1.165, 1.54) is 6.92 Å². The molecule has 0 atom stereocenters. The highest BCUT2D eigenvalue weighted by molar-refractivity contribution is 9.10. The van der Waals surface area contributed by atoms with Crippen LogP contribution in [-0.4, -0.2) is 29.3 Å². The summed E-state index contributed by atoms with van der Waals surface area (Å²) < 4.78 is 1.04. The van der Waals surface area contributed by atoms with Crippen LogP contribution in [0.3, 0.4) is 0 Å².